The van der Waals surface area contributed by atoms with Crippen LogP contribution in [0.4, 0.5) is 0 Å². The van der Waals surface area contributed by atoms with E-state index in [2.05, 4.69) is 9.97 Å². The van der Waals surface area contributed by atoms with Crippen LogP contribution in [0, 0.1) is 0 Å². The average Bonchev–Trinajstić information content (AvgIpc) is 2.67. The summed E-state index contributed by atoms with van der Waals surface area (Å²) in [6.07, 6.45) is 0. The number of fused-ring (bicyclic) bond motifs is 2. The molecular formula is C20H14N2O6. The Morgan fingerprint density at radius 2 is 1.00 bits per heavy atom. The number of rotatable bonds is 2. The first-order chi connectivity index (χ1) is 13.4. The van der Waals surface area contributed by atoms with Gasteiger partial charge in [0.05, 0.1) is 0 Å². The highest BCUT2D eigenvalue weighted by Crippen LogP contribution is 2.10. The number of aromatic amines is 2. The van der Waals surface area contributed by atoms with Crippen molar-refractivity contribution in [3.8, 4) is 0 Å². The highest BCUT2D eigenvalue weighted by atomic mass is 16.4. The van der Waals surface area contributed by atoms with Crippen LogP contribution < -0.4 is 11.1 Å². The fourth-order valence-corrected chi connectivity index (χ4v) is 2.61. The summed E-state index contributed by atoms with van der Waals surface area (Å²) in [6, 6.07) is 16.8. The Morgan fingerprint density at radius 1 is 0.643 bits per heavy atom. The van der Waals surface area contributed by atoms with Crippen molar-refractivity contribution in [3.63, 3.8) is 0 Å². The quantitative estimate of drug-likeness (QED) is 0.422. The molecule has 28 heavy (non-hydrogen) atoms. The Balaban J connectivity index is 0.000000161. The van der Waals surface area contributed by atoms with Gasteiger partial charge >= 0.3 is 11.9 Å². The number of pyridine rings is 2. The minimum absolute atomic E-state index is 0.233. The Labute approximate surface area is 156 Å². The predicted octanol–water partition coefficient (Wildman–Crippen LogP) is 2.45. The molecule has 0 atom stereocenters. The SMILES string of the molecule is O=C(O)c1cc2ccccc2[nH]c1=O.O=C(O)c1cc2ccccc2[nH]c1=O. The lowest BCUT2D eigenvalue weighted by molar-refractivity contribution is 0.0684. The minimum atomic E-state index is -1.21. The van der Waals surface area contributed by atoms with Gasteiger partial charge in [-0.05, 0) is 35.0 Å². The Bertz CT molecular complexity index is 1220. The van der Waals surface area contributed by atoms with Gasteiger partial charge in [0.15, 0.2) is 0 Å². The molecule has 0 spiro atoms. The van der Waals surface area contributed by atoms with Gasteiger partial charge in [-0.1, -0.05) is 36.4 Å². The molecule has 0 saturated carbocycles. The smallest absolute Gasteiger partial charge is 0.341 e. The molecule has 0 amide bonds. The number of aromatic nitrogens is 2. The van der Waals surface area contributed by atoms with Gasteiger partial charge in [-0.2, -0.15) is 0 Å². The van der Waals surface area contributed by atoms with Crippen LogP contribution in [0.15, 0.2) is 70.3 Å². The van der Waals surface area contributed by atoms with Crippen LogP contribution in [-0.2, 0) is 0 Å². The maximum absolute atomic E-state index is 11.2. The normalized spacial score (nSPS) is 10.3. The maximum atomic E-state index is 11.2. The van der Waals surface area contributed by atoms with E-state index in [9.17, 15) is 19.2 Å². The molecule has 2 aromatic heterocycles. The van der Waals surface area contributed by atoms with E-state index in [1.54, 1.807) is 48.5 Å². The fraction of sp³-hybridized carbons (Fsp3) is 0. The number of benzene rings is 2. The summed E-state index contributed by atoms with van der Waals surface area (Å²) in [5.41, 5.74) is -0.329. The Hall–Kier alpha value is -4.20. The first-order valence-electron chi connectivity index (χ1n) is 8.07. The van der Waals surface area contributed by atoms with E-state index in [4.69, 9.17) is 10.2 Å². The third-order valence-corrected chi connectivity index (χ3v) is 3.97. The third kappa shape index (κ3) is 3.80. The van der Waals surface area contributed by atoms with Crippen LogP contribution in [-0.4, -0.2) is 32.1 Å². The van der Waals surface area contributed by atoms with E-state index >= 15 is 0 Å². The fourth-order valence-electron chi connectivity index (χ4n) is 2.61. The molecule has 0 aliphatic carbocycles. The van der Waals surface area contributed by atoms with E-state index < -0.39 is 23.1 Å². The number of carboxylic acids is 2. The van der Waals surface area contributed by atoms with Crippen molar-refractivity contribution in [2.75, 3.05) is 0 Å². The lowest BCUT2D eigenvalue weighted by Gasteiger charge is -1.98. The summed E-state index contributed by atoms with van der Waals surface area (Å²) in [4.78, 5) is 48.8. The summed E-state index contributed by atoms with van der Waals surface area (Å²) in [5.74, 6) is -2.42. The van der Waals surface area contributed by atoms with Gasteiger partial charge in [0.1, 0.15) is 11.1 Å². The number of carbonyl (C=O) groups is 2. The highest BCUT2D eigenvalue weighted by Gasteiger charge is 2.09. The molecule has 4 N–H and O–H groups in total. The van der Waals surface area contributed by atoms with Crippen LogP contribution in [0.1, 0.15) is 20.7 Å². The molecule has 8 nitrogen and oxygen atoms in total. The van der Waals surface area contributed by atoms with Crippen molar-refractivity contribution in [1.29, 1.82) is 0 Å². The van der Waals surface area contributed by atoms with Gasteiger partial charge in [-0.3, -0.25) is 9.59 Å². The Kier molecular flexibility index (Phi) is 5.03. The molecular weight excluding hydrogens is 364 g/mol. The molecule has 0 aliphatic heterocycles. The van der Waals surface area contributed by atoms with Crippen LogP contribution in [0.3, 0.4) is 0 Å². The summed E-state index contributed by atoms with van der Waals surface area (Å²) in [5, 5.41) is 18.8. The van der Waals surface area contributed by atoms with Crippen LogP contribution in [0.2, 0.25) is 0 Å². The molecule has 4 aromatic rings. The van der Waals surface area contributed by atoms with E-state index in [-0.39, 0.29) is 11.1 Å². The standard InChI is InChI=1S/2C10H7NO3/c2*12-9-7(10(13)14)5-6-3-1-2-4-8(6)11-9/h2*1-5H,(H,11,12)(H,13,14). The summed E-state index contributed by atoms with van der Waals surface area (Å²) in [6.45, 7) is 0. The van der Waals surface area contributed by atoms with Crippen molar-refractivity contribution < 1.29 is 19.8 Å². The Morgan fingerprint density at radius 3 is 1.36 bits per heavy atom. The molecule has 0 fully saturated rings. The first kappa shape index (κ1) is 18.6. The lowest BCUT2D eigenvalue weighted by atomic mass is 10.1. The van der Waals surface area contributed by atoms with E-state index in [0.29, 0.717) is 21.8 Å². The largest absolute Gasteiger partial charge is 0.477 e. The maximum Gasteiger partial charge on any atom is 0.341 e. The van der Waals surface area contributed by atoms with Gasteiger partial charge in [0, 0.05) is 11.0 Å². The number of hydrogen-bond acceptors (Lipinski definition) is 4. The number of hydrogen-bond donors (Lipinski definition) is 4. The number of para-hydroxylation sites is 2. The highest BCUT2D eigenvalue weighted by molar-refractivity contribution is 5.93. The molecule has 8 heteroatoms. The second-order valence-electron chi connectivity index (χ2n) is 5.81. The lowest BCUT2D eigenvalue weighted by Crippen LogP contribution is -2.16. The topological polar surface area (TPSA) is 140 Å². The van der Waals surface area contributed by atoms with Crippen molar-refractivity contribution in [3.05, 3.63) is 92.5 Å². The van der Waals surface area contributed by atoms with Gasteiger partial charge in [-0.15, -0.1) is 0 Å². The minimum Gasteiger partial charge on any atom is -0.477 e. The number of aromatic carboxylic acids is 2. The molecule has 2 aromatic carbocycles. The summed E-state index contributed by atoms with van der Waals surface area (Å²) in [7, 11) is 0. The van der Waals surface area contributed by atoms with Crippen LogP contribution >= 0.6 is 0 Å². The van der Waals surface area contributed by atoms with Crippen LogP contribution in [0.25, 0.3) is 21.8 Å². The van der Waals surface area contributed by atoms with E-state index in [1.165, 1.54) is 12.1 Å². The number of H-pyrrole nitrogens is 2. The molecule has 4 rings (SSSR count). The summed E-state index contributed by atoms with van der Waals surface area (Å²) < 4.78 is 0. The third-order valence-electron chi connectivity index (χ3n) is 3.97. The second-order valence-corrected chi connectivity index (χ2v) is 5.81. The molecule has 0 aliphatic rings. The molecule has 140 valence electrons. The molecule has 0 saturated heterocycles. The van der Waals surface area contributed by atoms with Gasteiger partial charge in [0.25, 0.3) is 11.1 Å². The molecule has 0 bridgehead atoms. The molecule has 0 unspecified atom stereocenters. The van der Waals surface area contributed by atoms with Gasteiger partial charge in [-0.25, -0.2) is 9.59 Å². The predicted molar refractivity (Wildman–Crippen MR) is 103 cm³/mol. The zero-order valence-electron chi connectivity index (χ0n) is 14.3. The monoisotopic (exact) mass is 378 g/mol. The van der Waals surface area contributed by atoms with Crippen molar-refractivity contribution >= 4 is 33.7 Å². The van der Waals surface area contributed by atoms with E-state index in [1.807, 2.05) is 0 Å². The number of nitrogens with one attached hydrogen (secondary N) is 2. The average molecular weight is 378 g/mol. The first-order valence-corrected chi connectivity index (χ1v) is 8.07. The van der Waals surface area contributed by atoms with Crippen molar-refractivity contribution in [2.24, 2.45) is 0 Å². The second kappa shape index (κ2) is 7.58. The van der Waals surface area contributed by atoms with Gasteiger partial charge in [0.2, 0.25) is 0 Å². The van der Waals surface area contributed by atoms with E-state index in [0.717, 1.165) is 0 Å². The number of carboxylic acid groups (broad SMARTS) is 2. The van der Waals surface area contributed by atoms with Gasteiger partial charge < -0.3 is 20.2 Å². The zero-order chi connectivity index (χ0) is 20.3. The molecule has 0 radical (unpaired) electrons. The summed E-state index contributed by atoms with van der Waals surface area (Å²) >= 11 is 0. The molecule has 2 heterocycles. The van der Waals surface area contributed by atoms with Crippen molar-refractivity contribution in [2.45, 2.75) is 0 Å². The van der Waals surface area contributed by atoms with Crippen molar-refractivity contribution in [1.82, 2.24) is 9.97 Å². The van der Waals surface area contributed by atoms with Crippen LogP contribution in [0.5, 0.6) is 0 Å². The zero-order valence-corrected chi connectivity index (χ0v) is 14.3.